The van der Waals surface area contributed by atoms with Crippen LogP contribution < -0.4 is 15.4 Å². The summed E-state index contributed by atoms with van der Waals surface area (Å²) in [7, 11) is 0. The van der Waals surface area contributed by atoms with Crippen LogP contribution in [0.25, 0.3) is 11.2 Å². The third-order valence-electron chi connectivity index (χ3n) is 6.68. The second-order valence-corrected chi connectivity index (χ2v) is 12.2. The molecule has 0 spiro atoms. The number of hydrogen-bond acceptors (Lipinski definition) is 9. The number of amides is 1. The molecule has 0 aliphatic rings. The number of aliphatic hydroxyl groups is 1. The van der Waals surface area contributed by atoms with E-state index in [9.17, 15) is 9.90 Å². The van der Waals surface area contributed by atoms with Gasteiger partial charge >= 0.3 is 0 Å². The van der Waals surface area contributed by atoms with Crippen molar-refractivity contribution in [3.63, 3.8) is 0 Å². The second kappa shape index (κ2) is 13.3. The maximum Gasteiger partial charge on any atom is 0.253 e. The van der Waals surface area contributed by atoms with Gasteiger partial charge in [-0.05, 0) is 68.1 Å². The van der Waals surface area contributed by atoms with Crippen LogP contribution in [0.5, 0.6) is 0 Å². The maximum absolute atomic E-state index is 12.6. The molecule has 5 rings (SSSR count). The summed E-state index contributed by atoms with van der Waals surface area (Å²) < 4.78 is 5.34. The van der Waals surface area contributed by atoms with Gasteiger partial charge in [0.2, 0.25) is 0 Å². The molecule has 3 heterocycles. The van der Waals surface area contributed by atoms with Gasteiger partial charge in [0.1, 0.15) is 5.52 Å². The number of rotatable bonds is 13. The SMILES string of the molecule is CC(C)(CCn1cnc2cc(C(=O)NCc3cncs3)cnc21)NC[C@H](O)c1cccc(NSc2ccccc2)c1. The number of pyridine rings is 1. The molecule has 11 heteroatoms. The molecule has 41 heavy (non-hydrogen) atoms. The standard InChI is InChI=1S/C30H33N7O2S2/c1-30(2,35-18-27(38)21-7-6-8-23(13-21)36-41-24-9-4-3-5-10-24)11-12-37-19-34-26-14-22(15-32-28(26)37)29(39)33-17-25-16-31-20-40-25/h3-10,13-16,19-20,27,35-36,38H,11-12,17-18H2,1-2H3,(H,33,39)/t27-/m0/s1. The minimum atomic E-state index is -0.644. The number of imidazole rings is 1. The Morgan fingerprint density at radius 3 is 2.76 bits per heavy atom. The van der Waals surface area contributed by atoms with Gasteiger partial charge < -0.3 is 25.0 Å². The molecule has 212 valence electrons. The van der Waals surface area contributed by atoms with Crippen molar-refractivity contribution in [2.75, 3.05) is 11.3 Å². The van der Waals surface area contributed by atoms with Gasteiger partial charge in [-0.3, -0.25) is 9.78 Å². The first-order valence-corrected chi connectivity index (χ1v) is 15.0. The molecule has 0 fully saturated rings. The summed E-state index contributed by atoms with van der Waals surface area (Å²) in [6.07, 6.45) is 5.23. The van der Waals surface area contributed by atoms with Crippen LogP contribution in [-0.4, -0.2) is 42.6 Å². The predicted octanol–water partition coefficient (Wildman–Crippen LogP) is 5.43. The Morgan fingerprint density at radius 2 is 1.95 bits per heavy atom. The van der Waals surface area contributed by atoms with Crippen molar-refractivity contribution < 1.29 is 9.90 Å². The van der Waals surface area contributed by atoms with Crippen LogP contribution in [0, 0.1) is 0 Å². The Morgan fingerprint density at radius 1 is 1.10 bits per heavy atom. The summed E-state index contributed by atoms with van der Waals surface area (Å²) in [6.45, 7) is 5.78. The predicted molar refractivity (Wildman–Crippen MR) is 165 cm³/mol. The first kappa shape index (κ1) is 28.7. The van der Waals surface area contributed by atoms with Gasteiger partial charge in [-0.2, -0.15) is 0 Å². The molecule has 1 amide bonds. The van der Waals surface area contributed by atoms with Crippen molar-refractivity contribution >= 4 is 46.0 Å². The Balaban J connectivity index is 1.12. The van der Waals surface area contributed by atoms with Gasteiger partial charge in [-0.1, -0.05) is 30.3 Å². The van der Waals surface area contributed by atoms with E-state index < -0.39 is 6.10 Å². The molecule has 0 aliphatic heterocycles. The molecule has 0 saturated carbocycles. The van der Waals surface area contributed by atoms with E-state index in [0.717, 1.165) is 33.1 Å². The molecule has 4 N–H and O–H groups in total. The number of anilines is 1. The largest absolute Gasteiger partial charge is 0.387 e. The molecule has 0 radical (unpaired) electrons. The van der Waals surface area contributed by atoms with Crippen molar-refractivity contribution in [1.82, 2.24) is 30.2 Å². The lowest BCUT2D eigenvalue weighted by molar-refractivity contribution is 0.0951. The average Bonchev–Trinajstić information content (AvgIpc) is 3.67. The van der Waals surface area contributed by atoms with Crippen molar-refractivity contribution in [3.8, 4) is 0 Å². The van der Waals surface area contributed by atoms with Crippen LogP contribution in [0.4, 0.5) is 5.69 Å². The number of nitrogens with zero attached hydrogens (tertiary/aromatic N) is 4. The summed E-state index contributed by atoms with van der Waals surface area (Å²) in [5.74, 6) is -0.192. The lowest BCUT2D eigenvalue weighted by Crippen LogP contribution is -2.42. The number of aromatic nitrogens is 4. The van der Waals surface area contributed by atoms with Gasteiger partial charge in [-0.25, -0.2) is 9.97 Å². The Kier molecular flexibility index (Phi) is 9.30. The van der Waals surface area contributed by atoms with Gasteiger partial charge in [0, 0.05) is 46.5 Å². The zero-order valence-electron chi connectivity index (χ0n) is 22.9. The van der Waals surface area contributed by atoms with Gasteiger partial charge in [0.05, 0.1) is 30.1 Å². The average molecular weight is 588 g/mol. The van der Waals surface area contributed by atoms with Crippen LogP contribution in [0.1, 0.15) is 47.2 Å². The number of hydrogen-bond donors (Lipinski definition) is 4. The van der Waals surface area contributed by atoms with Crippen LogP contribution in [0.15, 0.2) is 89.8 Å². The highest BCUT2D eigenvalue weighted by molar-refractivity contribution is 8.00. The van der Waals surface area contributed by atoms with Crippen molar-refractivity contribution in [1.29, 1.82) is 0 Å². The number of nitrogens with one attached hydrogen (secondary N) is 3. The van der Waals surface area contributed by atoms with E-state index in [1.807, 2.05) is 59.2 Å². The summed E-state index contributed by atoms with van der Waals surface area (Å²) >= 11 is 3.04. The number of carbonyl (C=O) groups is 1. The molecule has 9 nitrogen and oxygen atoms in total. The van der Waals surface area contributed by atoms with E-state index in [1.54, 1.807) is 30.3 Å². The third-order valence-corrected chi connectivity index (χ3v) is 8.30. The number of aliphatic hydroxyl groups excluding tert-OH is 1. The number of carbonyl (C=O) groups excluding carboxylic acids is 1. The Bertz CT molecular complexity index is 1570. The van der Waals surface area contributed by atoms with E-state index in [0.29, 0.717) is 30.7 Å². The third kappa shape index (κ3) is 7.92. The molecule has 1 atom stereocenters. The highest BCUT2D eigenvalue weighted by Gasteiger charge is 2.20. The number of benzene rings is 2. The fraction of sp³-hybridized carbons (Fsp3) is 0.267. The minimum Gasteiger partial charge on any atom is -0.387 e. The molecule has 0 unspecified atom stereocenters. The lowest BCUT2D eigenvalue weighted by Gasteiger charge is -2.28. The number of aryl methyl sites for hydroxylation is 1. The van der Waals surface area contributed by atoms with Gasteiger partial charge in [0.15, 0.2) is 5.65 Å². The summed E-state index contributed by atoms with van der Waals surface area (Å²) in [4.78, 5) is 27.7. The zero-order chi connectivity index (χ0) is 28.7. The molecular formula is C30H33N7O2S2. The van der Waals surface area contributed by atoms with E-state index >= 15 is 0 Å². The molecule has 0 saturated heterocycles. The summed E-state index contributed by atoms with van der Waals surface area (Å²) in [5.41, 5.74) is 5.17. The van der Waals surface area contributed by atoms with Crippen LogP contribution in [-0.2, 0) is 13.1 Å². The highest BCUT2D eigenvalue weighted by atomic mass is 32.2. The normalized spacial score (nSPS) is 12.4. The quantitative estimate of drug-likeness (QED) is 0.135. The number of fused-ring (bicyclic) bond motifs is 1. The molecule has 5 aromatic rings. The number of β-amino-alcohol motifs (C(OH)–C–C–N with tert-alkyl or cyclic N) is 1. The smallest absolute Gasteiger partial charge is 0.253 e. The fourth-order valence-electron chi connectivity index (χ4n) is 4.23. The highest BCUT2D eigenvalue weighted by Crippen LogP contribution is 2.24. The topological polar surface area (TPSA) is 117 Å². The fourth-order valence-corrected chi connectivity index (χ4v) is 5.42. The summed E-state index contributed by atoms with van der Waals surface area (Å²) in [5, 5.41) is 17.3. The molecule has 2 aromatic carbocycles. The van der Waals surface area contributed by atoms with Gasteiger partial charge in [0.25, 0.3) is 5.91 Å². The maximum atomic E-state index is 12.6. The molecular weight excluding hydrogens is 555 g/mol. The molecule has 0 bridgehead atoms. The monoisotopic (exact) mass is 587 g/mol. The summed E-state index contributed by atoms with van der Waals surface area (Å²) in [6, 6.07) is 19.7. The van der Waals surface area contributed by atoms with Crippen LogP contribution in [0.2, 0.25) is 0 Å². The molecule has 0 aliphatic carbocycles. The lowest BCUT2D eigenvalue weighted by atomic mass is 9.99. The van der Waals surface area contributed by atoms with E-state index in [4.69, 9.17) is 0 Å². The van der Waals surface area contributed by atoms with Crippen molar-refractivity contribution in [2.45, 2.75) is 49.9 Å². The van der Waals surface area contributed by atoms with Gasteiger partial charge in [-0.15, -0.1) is 11.3 Å². The second-order valence-electron chi connectivity index (χ2n) is 10.3. The first-order chi connectivity index (χ1) is 19.9. The molecule has 3 aromatic heterocycles. The first-order valence-electron chi connectivity index (χ1n) is 13.3. The Labute approximate surface area is 247 Å². The van der Waals surface area contributed by atoms with Crippen LogP contribution >= 0.6 is 23.3 Å². The Hall–Kier alpha value is -3.77. The minimum absolute atomic E-state index is 0.192. The van der Waals surface area contributed by atoms with E-state index in [2.05, 4.69) is 44.2 Å². The zero-order valence-corrected chi connectivity index (χ0v) is 24.6. The van der Waals surface area contributed by atoms with Crippen molar-refractivity contribution in [3.05, 3.63) is 101 Å². The van der Waals surface area contributed by atoms with Crippen LogP contribution in [0.3, 0.4) is 0 Å². The van der Waals surface area contributed by atoms with Crippen molar-refractivity contribution in [2.24, 2.45) is 0 Å². The number of thiazole rings is 1. The van der Waals surface area contributed by atoms with E-state index in [1.165, 1.54) is 23.3 Å². The van der Waals surface area contributed by atoms with E-state index in [-0.39, 0.29) is 11.4 Å².